The first-order valence-corrected chi connectivity index (χ1v) is 6.18. The lowest BCUT2D eigenvalue weighted by Gasteiger charge is -2.13. The van der Waals surface area contributed by atoms with Crippen molar-refractivity contribution in [1.82, 2.24) is 4.57 Å². The Labute approximate surface area is 115 Å². The zero-order chi connectivity index (χ0) is 14.0. The van der Waals surface area contributed by atoms with Crippen molar-refractivity contribution in [1.29, 1.82) is 0 Å². The predicted octanol–water partition coefficient (Wildman–Crippen LogP) is 3.68. The molecule has 0 N–H and O–H groups in total. The first-order valence-electron chi connectivity index (χ1n) is 5.39. The van der Waals surface area contributed by atoms with E-state index >= 15 is 0 Å². The third kappa shape index (κ3) is 3.26. The van der Waals surface area contributed by atoms with Crippen LogP contribution in [0.5, 0.6) is 0 Å². The maximum absolute atomic E-state index is 12.8. The highest BCUT2D eigenvalue weighted by Gasteiger charge is 2.32. The van der Waals surface area contributed by atoms with Crippen molar-refractivity contribution in [3.8, 4) is 0 Å². The average Bonchev–Trinajstić information content (AvgIpc) is 2.33. The van der Waals surface area contributed by atoms with Gasteiger partial charge < -0.3 is 4.57 Å². The molecule has 0 unspecified atom stereocenters. The summed E-state index contributed by atoms with van der Waals surface area (Å²) in [7, 11) is 0. The number of aromatic nitrogens is 1. The maximum atomic E-state index is 12.8. The van der Waals surface area contributed by atoms with Gasteiger partial charge >= 0.3 is 6.18 Å². The number of alkyl halides is 3. The van der Waals surface area contributed by atoms with Crippen LogP contribution in [0.1, 0.15) is 11.1 Å². The van der Waals surface area contributed by atoms with Crippen LogP contribution in [-0.4, -0.2) is 4.57 Å². The normalized spacial score (nSPS) is 11.6. The molecule has 1 heterocycles. The number of rotatable bonds is 2. The first-order chi connectivity index (χ1) is 8.88. The molecule has 0 aliphatic carbocycles. The summed E-state index contributed by atoms with van der Waals surface area (Å²) < 4.78 is 40.4. The molecule has 2 nitrogen and oxygen atoms in total. The van der Waals surface area contributed by atoms with Crippen LogP contribution >= 0.6 is 15.9 Å². The van der Waals surface area contributed by atoms with Crippen molar-refractivity contribution in [2.75, 3.05) is 0 Å². The van der Waals surface area contributed by atoms with Crippen LogP contribution in [0.25, 0.3) is 0 Å². The standard InChI is InChI=1S/C13H9BrF3NO/c14-10-5-6-12(19)18(8-10)7-9-3-1-2-4-11(9)13(15,16)17/h1-6,8H,7H2. The summed E-state index contributed by atoms with van der Waals surface area (Å²) in [5.74, 6) is 0. The molecule has 100 valence electrons. The molecule has 2 aromatic rings. The molecule has 0 saturated heterocycles. The Balaban J connectivity index is 2.44. The Kier molecular flexibility index (Phi) is 3.80. The van der Waals surface area contributed by atoms with Gasteiger partial charge in [-0.3, -0.25) is 4.79 Å². The van der Waals surface area contributed by atoms with Crippen LogP contribution < -0.4 is 5.56 Å². The molecule has 0 fully saturated rings. The molecular weight excluding hydrogens is 323 g/mol. The summed E-state index contributed by atoms with van der Waals surface area (Å²) in [6, 6.07) is 8.09. The second kappa shape index (κ2) is 5.21. The number of hydrogen-bond acceptors (Lipinski definition) is 1. The molecule has 0 aliphatic rings. The number of benzene rings is 1. The van der Waals surface area contributed by atoms with Gasteiger partial charge in [-0.25, -0.2) is 0 Å². The summed E-state index contributed by atoms with van der Waals surface area (Å²) in [5.41, 5.74) is -1.00. The van der Waals surface area contributed by atoms with Gasteiger partial charge in [0.25, 0.3) is 5.56 Å². The number of hydrogen-bond donors (Lipinski definition) is 0. The minimum Gasteiger partial charge on any atom is -0.310 e. The van der Waals surface area contributed by atoms with Crippen molar-refractivity contribution in [3.63, 3.8) is 0 Å². The summed E-state index contributed by atoms with van der Waals surface area (Å²) >= 11 is 3.19. The largest absolute Gasteiger partial charge is 0.416 e. The Hall–Kier alpha value is -1.56. The second-order valence-electron chi connectivity index (χ2n) is 3.97. The van der Waals surface area contributed by atoms with Crippen molar-refractivity contribution in [3.05, 3.63) is 68.5 Å². The number of pyridine rings is 1. The zero-order valence-corrected chi connectivity index (χ0v) is 11.2. The molecule has 0 saturated carbocycles. The molecule has 6 heteroatoms. The molecule has 1 aromatic carbocycles. The second-order valence-corrected chi connectivity index (χ2v) is 4.88. The van der Waals surface area contributed by atoms with E-state index in [9.17, 15) is 18.0 Å². The fourth-order valence-corrected chi connectivity index (χ4v) is 2.12. The van der Waals surface area contributed by atoms with E-state index < -0.39 is 11.7 Å². The Bertz CT molecular complexity index is 649. The fraction of sp³-hybridized carbons (Fsp3) is 0.154. The van der Waals surface area contributed by atoms with Crippen LogP contribution in [0.15, 0.2) is 51.9 Å². The lowest BCUT2D eigenvalue weighted by Crippen LogP contribution is -2.20. The summed E-state index contributed by atoms with van der Waals surface area (Å²) in [6.07, 6.45) is -2.96. The molecule has 0 bridgehead atoms. The summed E-state index contributed by atoms with van der Waals surface area (Å²) in [5, 5.41) is 0. The topological polar surface area (TPSA) is 22.0 Å². The lowest BCUT2D eigenvalue weighted by atomic mass is 10.1. The lowest BCUT2D eigenvalue weighted by molar-refractivity contribution is -0.138. The van der Waals surface area contributed by atoms with Crippen LogP contribution in [0.4, 0.5) is 13.2 Å². The smallest absolute Gasteiger partial charge is 0.310 e. The number of halogens is 4. The molecular formula is C13H9BrF3NO. The van der Waals surface area contributed by atoms with Crippen molar-refractivity contribution in [2.24, 2.45) is 0 Å². The Morgan fingerprint density at radius 1 is 1.11 bits per heavy atom. The maximum Gasteiger partial charge on any atom is 0.416 e. The van der Waals surface area contributed by atoms with Crippen LogP contribution in [-0.2, 0) is 12.7 Å². The molecule has 0 atom stereocenters. The van der Waals surface area contributed by atoms with E-state index in [2.05, 4.69) is 15.9 Å². The Morgan fingerprint density at radius 2 is 1.79 bits per heavy atom. The molecule has 0 spiro atoms. The molecule has 0 aliphatic heterocycles. The Morgan fingerprint density at radius 3 is 2.47 bits per heavy atom. The van der Waals surface area contributed by atoms with Gasteiger partial charge in [0.2, 0.25) is 0 Å². The van der Waals surface area contributed by atoms with Gasteiger partial charge in [-0.05, 0) is 33.6 Å². The van der Waals surface area contributed by atoms with Crippen LogP contribution in [0.2, 0.25) is 0 Å². The van der Waals surface area contributed by atoms with Crippen LogP contribution in [0, 0.1) is 0 Å². The molecule has 0 radical (unpaired) electrons. The molecule has 2 rings (SSSR count). The van der Waals surface area contributed by atoms with Gasteiger partial charge in [0.15, 0.2) is 0 Å². The highest BCUT2D eigenvalue weighted by molar-refractivity contribution is 9.10. The monoisotopic (exact) mass is 331 g/mol. The first kappa shape index (κ1) is 13.9. The predicted molar refractivity (Wildman–Crippen MR) is 68.9 cm³/mol. The molecule has 1 aromatic heterocycles. The van der Waals surface area contributed by atoms with Gasteiger partial charge in [0.1, 0.15) is 0 Å². The van der Waals surface area contributed by atoms with Crippen molar-refractivity contribution in [2.45, 2.75) is 12.7 Å². The van der Waals surface area contributed by atoms with Gasteiger partial charge in [-0.1, -0.05) is 18.2 Å². The van der Waals surface area contributed by atoms with E-state index in [1.807, 2.05) is 0 Å². The number of nitrogens with zero attached hydrogens (tertiary/aromatic N) is 1. The summed E-state index contributed by atoms with van der Waals surface area (Å²) in [6.45, 7) is -0.117. The minimum absolute atomic E-state index is 0.0650. The van der Waals surface area contributed by atoms with E-state index in [1.54, 1.807) is 6.07 Å². The van der Waals surface area contributed by atoms with Gasteiger partial charge in [0, 0.05) is 16.7 Å². The van der Waals surface area contributed by atoms with Gasteiger partial charge in [0.05, 0.1) is 12.1 Å². The van der Waals surface area contributed by atoms with Crippen molar-refractivity contribution < 1.29 is 13.2 Å². The quantitative estimate of drug-likeness (QED) is 0.822. The third-order valence-corrected chi connectivity index (χ3v) is 3.08. The van der Waals surface area contributed by atoms with Crippen LogP contribution in [0.3, 0.4) is 0 Å². The SMILES string of the molecule is O=c1ccc(Br)cn1Cc1ccccc1C(F)(F)F. The summed E-state index contributed by atoms with van der Waals surface area (Å²) in [4.78, 5) is 11.6. The zero-order valence-electron chi connectivity index (χ0n) is 9.62. The third-order valence-electron chi connectivity index (χ3n) is 2.61. The van der Waals surface area contributed by atoms with E-state index in [1.165, 1.54) is 35.0 Å². The molecule has 0 amide bonds. The fourth-order valence-electron chi connectivity index (χ4n) is 1.74. The van der Waals surface area contributed by atoms with Crippen molar-refractivity contribution >= 4 is 15.9 Å². The molecule has 19 heavy (non-hydrogen) atoms. The highest BCUT2D eigenvalue weighted by Crippen LogP contribution is 2.32. The van der Waals surface area contributed by atoms with E-state index in [-0.39, 0.29) is 17.7 Å². The van der Waals surface area contributed by atoms with Gasteiger partial charge in [-0.15, -0.1) is 0 Å². The average molecular weight is 332 g/mol. The van der Waals surface area contributed by atoms with E-state index in [0.29, 0.717) is 4.47 Å². The highest BCUT2D eigenvalue weighted by atomic mass is 79.9. The van der Waals surface area contributed by atoms with E-state index in [0.717, 1.165) is 6.07 Å². The van der Waals surface area contributed by atoms with E-state index in [4.69, 9.17) is 0 Å². The van der Waals surface area contributed by atoms with Gasteiger partial charge in [-0.2, -0.15) is 13.2 Å². The minimum atomic E-state index is -4.42.